The van der Waals surface area contributed by atoms with E-state index in [0.29, 0.717) is 26.2 Å². The molecule has 18 heavy (non-hydrogen) atoms. The molecule has 1 spiro atoms. The van der Waals surface area contributed by atoms with Crippen molar-refractivity contribution < 1.29 is 23.0 Å². The largest absolute Gasteiger partial charge is 0.389 e. The van der Waals surface area contributed by atoms with Gasteiger partial charge in [0.1, 0.15) is 0 Å². The summed E-state index contributed by atoms with van der Waals surface area (Å²) >= 11 is 0. The maximum Gasteiger partial charge on any atom is 0.153 e. The minimum atomic E-state index is -3.06. The smallest absolute Gasteiger partial charge is 0.153 e. The summed E-state index contributed by atoms with van der Waals surface area (Å²) in [7, 11) is -3.06. The van der Waals surface area contributed by atoms with Crippen LogP contribution in [-0.2, 0) is 19.3 Å². The second-order valence-corrected chi connectivity index (χ2v) is 8.15. The van der Waals surface area contributed by atoms with E-state index < -0.39 is 15.4 Å². The van der Waals surface area contributed by atoms with Crippen molar-refractivity contribution >= 4 is 9.84 Å². The lowest BCUT2D eigenvalue weighted by Gasteiger charge is -2.42. The maximum atomic E-state index is 11.6. The molecule has 3 unspecified atom stereocenters. The minimum Gasteiger partial charge on any atom is -0.389 e. The third kappa shape index (κ3) is 2.19. The molecule has 0 amide bonds. The molecule has 3 aliphatic heterocycles. The first-order chi connectivity index (χ1) is 8.43. The molecule has 3 heterocycles. The van der Waals surface area contributed by atoms with Gasteiger partial charge in [-0.3, -0.25) is 0 Å². The van der Waals surface area contributed by atoms with E-state index in [1.807, 2.05) is 0 Å². The van der Waals surface area contributed by atoms with Crippen molar-refractivity contribution in [3.63, 3.8) is 0 Å². The van der Waals surface area contributed by atoms with Gasteiger partial charge in [0, 0.05) is 19.6 Å². The van der Waals surface area contributed by atoms with E-state index in [9.17, 15) is 13.5 Å². The van der Waals surface area contributed by atoms with Crippen LogP contribution in [0.15, 0.2) is 0 Å². The zero-order valence-corrected chi connectivity index (χ0v) is 11.2. The minimum absolute atomic E-state index is 0.0187. The number of hydrogen-bond acceptors (Lipinski definition) is 5. The Morgan fingerprint density at radius 1 is 1.22 bits per heavy atom. The Balaban J connectivity index is 1.76. The average Bonchev–Trinajstić information content (AvgIpc) is 2.85. The number of rotatable bonds is 1. The Morgan fingerprint density at radius 2 is 2.06 bits per heavy atom. The Hall–Kier alpha value is -0.170. The fourth-order valence-corrected chi connectivity index (χ4v) is 5.48. The molecule has 0 saturated carbocycles. The predicted octanol–water partition coefficient (Wildman–Crippen LogP) is 0.122. The molecule has 104 valence electrons. The van der Waals surface area contributed by atoms with E-state index in [1.54, 1.807) is 0 Å². The molecule has 6 heteroatoms. The van der Waals surface area contributed by atoms with E-state index in [1.165, 1.54) is 0 Å². The molecule has 0 aromatic heterocycles. The number of hydrogen-bond donors (Lipinski definition) is 1. The molecular formula is C12H20O5S. The SMILES string of the molecule is O=S1(=O)CCC(O)(C2CCOC3(CCOC3)C2)C1. The number of aliphatic hydroxyl groups is 1. The lowest BCUT2D eigenvalue weighted by Crippen LogP contribution is -2.49. The van der Waals surface area contributed by atoms with E-state index in [-0.39, 0.29) is 23.0 Å². The van der Waals surface area contributed by atoms with Crippen molar-refractivity contribution in [2.75, 3.05) is 31.3 Å². The second kappa shape index (κ2) is 4.16. The summed E-state index contributed by atoms with van der Waals surface area (Å²) in [6, 6.07) is 0. The standard InChI is InChI=1S/C12H20O5S/c13-12(3-6-18(14,15)9-12)10-1-4-17-11(7-10)2-5-16-8-11/h10,13H,1-9H2. The lowest BCUT2D eigenvalue weighted by molar-refractivity contribution is -0.136. The molecule has 3 fully saturated rings. The molecule has 0 aromatic carbocycles. The van der Waals surface area contributed by atoms with Gasteiger partial charge in [-0.1, -0.05) is 0 Å². The normalized spacial score (nSPS) is 47.7. The van der Waals surface area contributed by atoms with Crippen molar-refractivity contribution in [2.24, 2.45) is 5.92 Å². The van der Waals surface area contributed by atoms with Crippen LogP contribution in [0.1, 0.15) is 25.7 Å². The Bertz CT molecular complexity index is 426. The van der Waals surface area contributed by atoms with Gasteiger partial charge < -0.3 is 14.6 Å². The van der Waals surface area contributed by atoms with Crippen molar-refractivity contribution in [1.82, 2.24) is 0 Å². The molecule has 5 nitrogen and oxygen atoms in total. The van der Waals surface area contributed by atoms with E-state index >= 15 is 0 Å². The van der Waals surface area contributed by atoms with Crippen LogP contribution in [-0.4, -0.2) is 56.1 Å². The molecule has 0 bridgehead atoms. The number of sulfone groups is 1. The molecule has 3 atom stereocenters. The van der Waals surface area contributed by atoms with Gasteiger partial charge in [0.25, 0.3) is 0 Å². The van der Waals surface area contributed by atoms with Gasteiger partial charge in [0.2, 0.25) is 0 Å². The first kappa shape index (κ1) is 12.8. The van der Waals surface area contributed by atoms with Crippen LogP contribution in [0.2, 0.25) is 0 Å². The van der Waals surface area contributed by atoms with Gasteiger partial charge in [-0.25, -0.2) is 8.42 Å². The van der Waals surface area contributed by atoms with Crippen LogP contribution in [0.25, 0.3) is 0 Å². The molecule has 0 radical (unpaired) electrons. The van der Waals surface area contributed by atoms with Crippen molar-refractivity contribution in [2.45, 2.75) is 36.9 Å². The van der Waals surface area contributed by atoms with E-state index in [4.69, 9.17) is 9.47 Å². The molecular weight excluding hydrogens is 256 g/mol. The molecule has 3 aliphatic rings. The maximum absolute atomic E-state index is 11.6. The number of ether oxygens (including phenoxy) is 2. The quantitative estimate of drug-likeness (QED) is 0.736. The first-order valence-electron chi connectivity index (χ1n) is 6.58. The van der Waals surface area contributed by atoms with Gasteiger partial charge in [0.05, 0.1) is 29.3 Å². The highest BCUT2D eigenvalue weighted by Crippen LogP contribution is 2.43. The van der Waals surface area contributed by atoms with Gasteiger partial charge in [-0.15, -0.1) is 0 Å². The van der Waals surface area contributed by atoms with Gasteiger partial charge >= 0.3 is 0 Å². The monoisotopic (exact) mass is 276 g/mol. The summed E-state index contributed by atoms with van der Waals surface area (Å²) in [5.41, 5.74) is -1.32. The second-order valence-electron chi connectivity index (χ2n) is 5.97. The summed E-state index contributed by atoms with van der Waals surface area (Å²) in [6.07, 6.45) is 2.69. The van der Waals surface area contributed by atoms with Crippen molar-refractivity contribution in [1.29, 1.82) is 0 Å². The van der Waals surface area contributed by atoms with Crippen molar-refractivity contribution in [3.8, 4) is 0 Å². The van der Waals surface area contributed by atoms with Gasteiger partial charge in [-0.2, -0.15) is 0 Å². The van der Waals surface area contributed by atoms with Gasteiger partial charge in [0.15, 0.2) is 9.84 Å². The Kier molecular flexibility index (Phi) is 2.97. The summed E-state index contributed by atoms with van der Waals surface area (Å²) in [6.45, 7) is 1.87. The summed E-state index contributed by atoms with van der Waals surface area (Å²) in [4.78, 5) is 0. The van der Waals surface area contributed by atoms with Crippen LogP contribution in [0.4, 0.5) is 0 Å². The van der Waals surface area contributed by atoms with E-state index in [0.717, 1.165) is 19.3 Å². The highest BCUT2D eigenvalue weighted by Gasteiger charge is 2.51. The molecule has 1 N–H and O–H groups in total. The average molecular weight is 276 g/mol. The molecule has 0 aliphatic carbocycles. The predicted molar refractivity (Wildman–Crippen MR) is 65.1 cm³/mol. The zero-order chi connectivity index (χ0) is 12.9. The van der Waals surface area contributed by atoms with Crippen LogP contribution >= 0.6 is 0 Å². The first-order valence-corrected chi connectivity index (χ1v) is 8.40. The third-order valence-corrected chi connectivity index (χ3v) is 6.40. The topological polar surface area (TPSA) is 72.8 Å². The Labute approximate surface area is 107 Å². The zero-order valence-electron chi connectivity index (χ0n) is 10.4. The molecule has 0 aromatic rings. The van der Waals surface area contributed by atoms with Crippen LogP contribution in [0, 0.1) is 5.92 Å². The highest BCUT2D eigenvalue weighted by molar-refractivity contribution is 7.91. The van der Waals surface area contributed by atoms with Crippen LogP contribution in [0.5, 0.6) is 0 Å². The lowest BCUT2D eigenvalue weighted by atomic mass is 9.75. The van der Waals surface area contributed by atoms with Gasteiger partial charge in [-0.05, 0) is 25.2 Å². The van der Waals surface area contributed by atoms with E-state index in [2.05, 4.69) is 0 Å². The molecule has 3 saturated heterocycles. The summed E-state index contributed by atoms with van der Waals surface area (Å²) < 4.78 is 34.4. The Morgan fingerprint density at radius 3 is 2.67 bits per heavy atom. The summed E-state index contributed by atoms with van der Waals surface area (Å²) in [5, 5.41) is 10.6. The summed E-state index contributed by atoms with van der Waals surface area (Å²) in [5.74, 6) is 0.0524. The van der Waals surface area contributed by atoms with Crippen molar-refractivity contribution in [3.05, 3.63) is 0 Å². The van der Waals surface area contributed by atoms with Crippen LogP contribution < -0.4 is 0 Å². The van der Waals surface area contributed by atoms with Crippen LogP contribution in [0.3, 0.4) is 0 Å². The fraction of sp³-hybridized carbons (Fsp3) is 1.00. The molecule has 3 rings (SSSR count). The third-order valence-electron chi connectivity index (χ3n) is 4.64. The fourth-order valence-electron chi connectivity index (χ4n) is 3.53. The highest BCUT2D eigenvalue weighted by atomic mass is 32.2.